The van der Waals surface area contributed by atoms with Gasteiger partial charge in [-0.3, -0.25) is 20.2 Å². The van der Waals surface area contributed by atoms with Gasteiger partial charge in [-0.15, -0.1) is 0 Å². The molecule has 0 aliphatic carbocycles. The molecule has 0 spiro atoms. The van der Waals surface area contributed by atoms with E-state index in [1.165, 1.54) is 38.3 Å². The number of methoxy groups -OCH3 is 1. The van der Waals surface area contributed by atoms with Crippen LogP contribution in [0.15, 0.2) is 54.6 Å². The molecule has 0 aromatic heterocycles. The van der Waals surface area contributed by atoms with Gasteiger partial charge in [-0.05, 0) is 30.2 Å². The highest BCUT2D eigenvalue weighted by molar-refractivity contribution is 5.83. The van der Waals surface area contributed by atoms with E-state index in [2.05, 4.69) is 5.32 Å². The maximum atomic E-state index is 13.4. The second kappa shape index (κ2) is 6.74. The Labute approximate surface area is 156 Å². The van der Waals surface area contributed by atoms with E-state index in [4.69, 9.17) is 4.74 Å². The summed E-state index contributed by atoms with van der Waals surface area (Å²) in [6, 6.07) is 13.6. The SMILES string of the molecule is COC(=O)[C@@]1(C)N[C@@H](c2ccc(F)cc2)[C@@](C)([N+](=O)[O-])[C@@H]1c1ccccc1. The maximum absolute atomic E-state index is 13.4. The first kappa shape index (κ1) is 19.0. The van der Waals surface area contributed by atoms with Crippen LogP contribution in [0, 0.1) is 15.9 Å². The van der Waals surface area contributed by atoms with Gasteiger partial charge in [-0.25, -0.2) is 4.39 Å². The molecular formula is C20H21FN2O4. The lowest BCUT2D eigenvalue weighted by molar-refractivity contribution is -0.571. The summed E-state index contributed by atoms with van der Waals surface area (Å²) in [6.07, 6.45) is 0. The van der Waals surface area contributed by atoms with Crippen molar-refractivity contribution >= 4 is 5.97 Å². The molecule has 0 radical (unpaired) electrons. The van der Waals surface area contributed by atoms with Crippen LogP contribution in [0.25, 0.3) is 0 Å². The average Bonchev–Trinajstić information content (AvgIpc) is 2.92. The van der Waals surface area contributed by atoms with Crippen LogP contribution >= 0.6 is 0 Å². The summed E-state index contributed by atoms with van der Waals surface area (Å²) in [6.45, 7) is 3.13. The fourth-order valence-electron chi connectivity index (χ4n) is 4.27. The van der Waals surface area contributed by atoms with Gasteiger partial charge < -0.3 is 4.74 Å². The number of hydrogen-bond acceptors (Lipinski definition) is 5. The van der Waals surface area contributed by atoms with Crippen molar-refractivity contribution in [3.8, 4) is 0 Å². The summed E-state index contributed by atoms with van der Waals surface area (Å²) in [7, 11) is 1.26. The van der Waals surface area contributed by atoms with Gasteiger partial charge in [-0.1, -0.05) is 42.5 Å². The average molecular weight is 372 g/mol. The Bertz CT molecular complexity index is 858. The van der Waals surface area contributed by atoms with Gasteiger partial charge in [0.25, 0.3) is 0 Å². The number of nitrogens with zero attached hydrogens (tertiary/aromatic N) is 1. The van der Waals surface area contributed by atoms with Crippen LogP contribution in [0.2, 0.25) is 0 Å². The number of hydrogen-bond donors (Lipinski definition) is 1. The minimum Gasteiger partial charge on any atom is -0.468 e. The zero-order valence-corrected chi connectivity index (χ0v) is 15.3. The summed E-state index contributed by atoms with van der Waals surface area (Å²) in [5, 5.41) is 15.4. The summed E-state index contributed by atoms with van der Waals surface area (Å²) in [5.41, 5.74) is -1.72. The zero-order chi connectivity index (χ0) is 19.8. The summed E-state index contributed by atoms with van der Waals surface area (Å²) >= 11 is 0. The highest BCUT2D eigenvalue weighted by Gasteiger charge is 2.69. The smallest absolute Gasteiger partial charge is 0.326 e. The van der Waals surface area contributed by atoms with Crippen molar-refractivity contribution in [1.82, 2.24) is 5.32 Å². The van der Waals surface area contributed by atoms with E-state index >= 15 is 0 Å². The number of carbonyl (C=O) groups excluding carboxylic acids is 1. The fraction of sp³-hybridized carbons (Fsp3) is 0.350. The quantitative estimate of drug-likeness (QED) is 0.506. The lowest BCUT2D eigenvalue weighted by atomic mass is 9.70. The lowest BCUT2D eigenvalue weighted by Crippen LogP contribution is -2.51. The molecule has 1 saturated heterocycles. The fourth-order valence-corrected chi connectivity index (χ4v) is 4.27. The number of rotatable bonds is 4. The number of nitrogens with one attached hydrogen (secondary N) is 1. The number of halogens is 1. The van der Waals surface area contributed by atoms with Gasteiger partial charge in [0, 0.05) is 11.8 Å². The molecule has 0 amide bonds. The topological polar surface area (TPSA) is 81.5 Å². The number of ether oxygens (including phenoxy) is 1. The molecular weight excluding hydrogens is 351 g/mol. The van der Waals surface area contributed by atoms with Gasteiger partial charge >= 0.3 is 5.97 Å². The molecule has 2 aromatic carbocycles. The minimum absolute atomic E-state index is 0.361. The van der Waals surface area contributed by atoms with E-state index in [9.17, 15) is 19.3 Å². The van der Waals surface area contributed by atoms with Gasteiger partial charge in [0.15, 0.2) is 0 Å². The predicted molar refractivity (Wildman–Crippen MR) is 97.3 cm³/mol. The first-order valence-corrected chi connectivity index (χ1v) is 8.56. The van der Waals surface area contributed by atoms with Crippen molar-refractivity contribution in [3.05, 3.63) is 81.7 Å². The van der Waals surface area contributed by atoms with Gasteiger partial charge in [0.1, 0.15) is 17.4 Å². The van der Waals surface area contributed by atoms with E-state index in [-0.39, 0.29) is 4.92 Å². The van der Waals surface area contributed by atoms with E-state index in [0.717, 1.165) is 0 Å². The molecule has 0 unspecified atom stereocenters. The van der Waals surface area contributed by atoms with Gasteiger partial charge in [0.2, 0.25) is 5.54 Å². The number of esters is 1. The molecule has 2 aromatic rings. The molecule has 1 aliphatic heterocycles. The number of benzene rings is 2. The first-order valence-electron chi connectivity index (χ1n) is 8.56. The molecule has 1 N–H and O–H groups in total. The van der Waals surface area contributed by atoms with E-state index in [0.29, 0.717) is 11.1 Å². The monoisotopic (exact) mass is 372 g/mol. The van der Waals surface area contributed by atoms with Gasteiger partial charge in [0.05, 0.1) is 13.0 Å². The highest BCUT2D eigenvalue weighted by atomic mass is 19.1. The van der Waals surface area contributed by atoms with Crippen molar-refractivity contribution in [2.75, 3.05) is 7.11 Å². The first-order chi connectivity index (χ1) is 12.7. The molecule has 0 saturated carbocycles. The molecule has 0 bridgehead atoms. The van der Waals surface area contributed by atoms with E-state index in [1.807, 2.05) is 6.07 Å². The predicted octanol–water partition coefficient (Wildman–Crippen LogP) is 3.22. The van der Waals surface area contributed by atoms with E-state index < -0.39 is 34.8 Å². The molecule has 1 fully saturated rings. The Balaban J connectivity index is 2.24. The molecule has 27 heavy (non-hydrogen) atoms. The van der Waals surface area contributed by atoms with Crippen molar-refractivity contribution in [2.45, 2.75) is 36.9 Å². The number of carbonyl (C=O) groups is 1. The van der Waals surface area contributed by atoms with Crippen LogP contribution in [0.4, 0.5) is 4.39 Å². The molecule has 1 aliphatic rings. The van der Waals surface area contributed by atoms with Crippen LogP contribution < -0.4 is 5.32 Å². The Morgan fingerprint density at radius 2 is 1.70 bits per heavy atom. The van der Waals surface area contributed by atoms with Crippen LogP contribution in [-0.2, 0) is 9.53 Å². The molecule has 1 heterocycles. The van der Waals surface area contributed by atoms with Gasteiger partial charge in [-0.2, -0.15) is 0 Å². The third kappa shape index (κ3) is 2.88. The third-order valence-corrected chi connectivity index (χ3v) is 5.53. The largest absolute Gasteiger partial charge is 0.468 e. The van der Waals surface area contributed by atoms with E-state index in [1.54, 1.807) is 31.2 Å². The molecule has 142 valence electrons. The normalized spacial score (nSPS) is 30.1. The second-order valence-corrected chi connectivity index (χ2v) is 7.15. The van der Waals surface area contributed by atoms with Crippen molar-refractivity contribution in [3.63, 3.8) is 0 Å². The van der Waals surface area contributed by atoms with Crippen LogP contribution in [-0.4, -0.2) is 29.1 Å². The molecule has 6 nitrogen and oxygen atoms in total. The number of nitro groups is 1. The van der Waals surface area contributed by atoms with Crippen LogP contribution in [0.3, 0.4) is 0 Å². The zero-order valence-electron chi connectivity index (χ0n) is 15.3. The summed E-state index contributed by atoms with van der Waals surface area (Å²) < 4.78 is 18.4. The Morgan fingerprint density at radius 1 is 1.11 bits per heavy atom. The standard InChI is InChI=1S/C20H21FN2O4/c1-19(18(24)27-3)16(13-7-5-4-6-8-13)20(2,23(25)26)17(22-19)14-9-11-15(21)12-10-14/h4-12,16-17,22H,1-3H3/t16-,17+,19+,20+/m1/s1. The Kier molecular flexibility index (Phi) is 4.73. The third-order valence-electron chi connectivity index (χ3n) is 5.53. The minimum atomic E-state index is -1.57. The summed E-state index contributed by atoms with van der Waals surface area (Å²) in [4.78, 5) is 24.6. The summed E-state index contributed by atoms with van der Waals surface area (Å²) in [5.74, 6) is -1.83. The van der Waals surface area contributed by atoms with Crippen LogP contribution in [0.5, 0.6) is 0 Å². The van der Waals surface area contributed by atoms with Crippen LogP contribution in [0.1, 0.15) is 36.9 Å². The molecule has 7 heteroatoms. The maximum Gasteiger partial charge on any atom is 0.326 e. The van der Waals surface area contributed by atoms with Crippen molar-refractivity contribution < 1.29 is 18.8 Å². The van der Waals surface area contributed by atoms with Crippen molar-refractivity contribution in [2.24, 2.45) is 0 Å². The molecule has 3 rings (SSSR count). The second-order valence-electron chi connectivity index (χ2n) is 7.15. The Morgan fingerprint density at radius 3 is 2.22 bits per heavy atom. The Hall–Kier alpha value is -2.80. The lowest BCUT2D eigenvalue weighted by Gasteiger charge is -2.32. The molecule has 4 atom stereocenters. The van der Waals surface area contributed by atoms with Crippen molar-refractivity contribution in [1.29, 1.82) is 0 Å². The highest BCUT2D eigenvalue weighted by Crippen LogP contribution is 2.53.